The summed E-state index contributed by atoms with van der Waals surface area (Å²) >= 11 is 0. The van der Waals surface area contributed by atoms with E-state index in [0.717, 1.165) is 16.8 Å². The smallest absolute Gasteiger partial charge is 0.228 e. The highest BCUT2D eigenvalue weighted by molar-refractivity contribution is 6.01. The Balaban J connectivity index is 1.37. The SMILES string of the molecule is Cc1cccc(N2CC(C(=O)N3CCC(C(=O)c4ccc(O)cc4)CC3)CC2=O)c1C. The van der Waals surface area contributed by atoms with Crippen molar-refractivity contribution < 1.29 is 19.5 Å². The lowest BCUT2D eigenvalue weighted by molar-refractivity contribution is -0.137. The van der Waals surface area contributed by atoms with Crippen molar-refractivity contribution >= 4 is 23.3 Å². The van der Waals surface area contributed by atoms with Crippen LogP contribution in [0.25, 0.3) is 0 Å². The normalized spacial score (nSPS) is 19.7. The lowest BCUT2D eigenvalue weighted by Crippen LogP contribution is -2.43. The van der Waals surface area contributed by atoms with Crippen LogP contribution in [-0.2, 0) is 9.59 Å². The molecule has 6 heteroatoms. The molecule has 31 heavy (non-hydrogen) atoms. The Kier molecular flexibility index (Phi) is 5.81. The van der Waals surface area contributed by atoms with E-state index in [1.165, 1.54) is 12.1 Å². The van der Waals surface area contributed by atoms with E-state index >= 15 is 0 Å². The fourth-order valence-electron chi connectivity index (χ4n) is 4.62. The molecule has 2 amide bonds. The predicted molar refractivity (Wildman–Crippen MR) is 118 cm³/mol. The molecule has 2 aromatic carbocycles. The third-order valence-corrected chi connectivity index (χ3v) is 6.67. The van der Waals surface area contributed by atoms with Crippen LogP contribution in [0.1, 0.15) is 40.7 Å². The van der Waals surface area contributed by atoms with Gasteiger partial charge in [0.05, 0.1) is 5.92 Å². The van der Waals surface area contributed by atoms with E-state index in [4.69, 9.17) is 0 Å². The van der Waals surface area contributed by atoms with E-state index in [1.807, 2.05) is 36.9 Å². The largest absolute Gasteiger partial charge is 0.508 e. The lowest BCUT2D eigenvalue weighted by Gasteiger charge is -2.33. The van der Waals surface area contributed by atoms with Crippen LogP contribution in [0.3, 0.4) is 0 Å². The van der Waals surface area contributed by atoms with Crippen LogP contribution in [0.2, 0.25) is 0 Å². The second kappa shape index (κ2) is 8.53. The summed E-state index contributed by atoms with van der Waals surface area (Å²) in [4.78, 5) is 42.0. The number of aryl methyl sites for hydroxylation is 1. The minimum absolute atomic E-state index is 0.00977. The summed E-state index contributed by atoms with van der Waals surface area (Å²) in [6.45, 7) is 5.49. The second-order valence-electron chi connectivity index (χ2n) is 8.64. The maximum atomic E-state index is 13.1. The summed E-state index contributed by atoms with van der Waals surface area (Å²) < 4.78 is 0. The van der Waals surface area contributed by atoms with Crippen molar-refractivity contribution in [2.24, 2.45) is 11.8 Å². The molecule has 2 fully saturated rings. The summed E-state index contributed by atoms with van der Waals surface area (Å²) in [5.41, 5.74) is 3.67. The van der Waals surface area contributed by atoms with Crippen molar-refractivity contribution in [3.05, 3.63) is 59.2 Å². The van der Waals surface area contributed by atoms with E-state index in [1.54, 1.807) is 17.0 Å². The van der Waals surface area contributed by atoms with Gasteiger partial charge in [0.2, 0.25) is 11.8 Å². The number of benzene rings is 2. The van der Waals surface area contributed by atoms with Crippen molar-refractivity contribution in [1.82, 2.24) is 4.90 Å². The van der Waals surface area contributed by atoms with Crippen LogP contribution in [0.15, 0.2) is 42.5 Å². The van der Waals surface area contributed by atoms with Gasteiger partial charge >= 0.3 is 0 Å². The fraction of sp³-hybridized carbons (Fsp3) is 0.400. The third-order valence-electron chi connectivity index (χ3n) is 6.67. The first-order chi connectivity index (χ1) is 14.8. The molecular formula is C25H28N2O4. The highest BCUT2D eigenvalue weighted by Gasteiger charge is 2.39. The molecule has 6 nitrogen and oxygen atoms in total. The number of piperidine rings is 1. The van der Waals surface area contributed by atoms with Gasteiger partial charge in [-0.25, -0.2) is 0 Å². The van der Waals surface area contributed by atoms with Gasteiger partial charge < -0.3 is 14.9 Å². The molecular weight excluding hydrogens is 392 g/mol. The average Bonchev–Trinajstić information content (AvgIpc) is 3.16. The number of anilines is 1. The number of amides is 2. The molecule has 4 rings (SSSR count). The van der Waals surface area contributed by atoms with Crippen molar-refractivity contribution in [3.8, 4) is 5.75 Å². The van der Waals surface area contributed by atoms with Crippen molar-refractivity contribution in [2.75, 3.05) is 24.5 Å². The van der Waals surface area contributed by atoms with Gasteiger partial charge in [0.1, 0.15) is 5.75 Å². The average molecular weight is 421 g/mol. The number of nitrogens with zero attached hydrogens (tertiary/aromatic N) is 2. The Morgan fingerprint density at radius 2 is 1.65 bits per heavy atom. The molecule has 0 bridgehead atoms. The van der Waals surface area contributed by atoms with Crippen LogP contribution in [0.4, 0.5) is 5.69 Å². The van der Waals surface area contributed by atoms with Crippen molar-refractivity contribution in [1.29, 1.82) is 0 Å². The number of phenolic OH excluding ortho intramolecular Hbond substituents is 1. The summed E-state index contributed by atoms with van der Waals surface area (Å²) in [5, 5.41) is 9.40. The zero-order valence-electron chi connectivity index (χ0n) is 18.0. The Hall–Kier alpha value is -3.15. The third kappa shape index (κ3) is 4.20. The van der Waals surface area contributed by atoms with Crippen LogP contribution >= 0.6 is 0 Å². The van der Waals surface area contributed by atoms with Gasteiger partial charge in [-0.05, 0) is 68.1 Å². The molecule has 1 N–H and O–H groups in total. The predicted octanol–water partition coefficient (Wildman–Crippen LogP) is 3.48. The molecule has 1 unspecified atom stereocenters. The minimum atomic E-state index is -0.336. The number of carbonyl (C=O) groups is 3. The molecule has 2 aliphatic rings. The second-order valence-corrected chi connectivity index (χ2v) is 8.64. The Labute approximate surface area is 182 Å². The summed E-state index contributed by atoms with van der Waals surface area (Å²) in [6, 6.07) is 12.2. The van der Waals surface area contributed by atoms with Crippen LogP contribution in [0.5, 0.6) is 5.75 Å². The lowest BCUT2D eigenvalue weighted by atomic mass is 9.88. The van der Waals surface area contributed by atoms with Gasteiger partial charge in [-0.1, -0.05) is 12.1 Å². The van der Waals surface area contributed by atoms with Gasteiger partial charge in [0.15, 0.2) is 5.78 Å². The number of carbonyl (C=O) groups excluding carboxylic acids is 3. The number of aromatic hydroxyl groups is 1. The first kappa shape index (κ1) is 21.1. The van der Waals surface area contributed by atoms with Gasteiger partial charge in [0.25, 0.3) is 0 Å². The zero-order valence-corrected chi connectivity index (χ0v) is 18.0. The first-order valence-corrected chi connectivity index (χ1v) is 10.8. The Bertz CT molecular complexity index is 1010. The number of ketones is 1. The number of hydrogen-bond acceptors (Lipinski definition) is 4. The van der Waals surface area contributed by atoms with Crippen molar-refractivity contribution in [2.45, 2.75) is 33.1 Å². The summed E-state index contributed by atoms with van der Waals surface area (Å²) in [5.74, 6) is -0.259. The maximum absolute atomic E-state index is 13.1. The fourth-order valence-corrected chi connectivity index (χ4v) is 4.62. The molecule has 0 radical (unpaired) electrons. The summed E-state index contributed by atoms with van der Waals surface area (Å²) in [7, 11) is 0. The maximum Gasteiger partial charge on any atom is 0.228 e. The van der Waals surface area contributed by atoms with Gasteiger partial charge in [-0.2, -0.15) is 0 Å². The molecule has 0 spiro atoms. The number of rotatable bonds is 4. The highest BCUT2D eigenvalue weighted by Crippen LogP contribution is 2.31. The highest BCUT2D eigenvalue weighted by atomic mass is 16.3. The molecule has 2 aromatic rings. The van der Waals surface area contributed by atoms with E-state index in [2.05, 4.69) is 0 Å². The minimum Gasteiger partial charge on any atom is -0.508 e. The van der Waals surface area contributed by atoms with E-state index < -0.39 is 0 Å². The van der Waals surface area contributed by atoms with Gasteiger partial charge in [0, 0.05) is 43.2 Å². The molecule has 2 saturated heterocycles. The Morgan fingerprint density at radius 1 is 0.968 bits per heavy atom. The van der Waals surface area contributed by atoms with Crippen LogP contribution in [0, 0.1) is 25.7 Å². The molecule has 162 valence electrons. The monoisotopic (exact) mass is 420 g/mol. The van der Waals surface area contributed by atoms with Crippen LogP contribution < -0.4 is 4.90 Å². The van der Waals surface area contributed by atoms with E-state index in [-0.39, 0.29) is 41.6 Å². The quantitative estimate of drug-likeness (QED) is 0.768. The van der Waals surface area contributed by atoms with Crippen molar-refractivity contribution in [3.63, 3.8) is 0 Å². The Morgan fingerprint density at radius 3 is 2.32 bits per heavy atom. The zero-order chi connectivity index (χ0) is 22.1. The first-order valence-electron chi connectivity index (χ1n) is 10.8. The number of phenols is 1. The molecule has 2 aliphatic heterocycles. The molecule has 1 atom stereocenters. The molecule has 0 aromatic heterocycles. The summed E-state index contributed by atoms with van der Waals surface area (Å²) in [6.07, 6.45) is 1.47. The standard InChI is InChI=1S/C25H28N2O4/c1-16-4-3-5-22(17(16)2)27-15-20(14-23(27)29)25(31)26-12-10-19(11-13-26)24(30)18-6-8-21(28)9-7-18/h3-9,19-20,28H,10-15H2,1-2H3. The van der Waals surface area contributed by atoms with E-state index in [0.29, 0.717) is 38.0 Å². The number of hydrogen-bond donors (Lipinski definition) is 1. The molecule has 0 saturated carbocycles. The number of likely N-dealkylation sites (tertiary alicyclic amines) is 1. The van der Waals surface area contributed by atoms with Crippen LogP contribution in [-0.4, -0.2) is 47.2 Å². The van der Waals surface area contributed by atoms with Gasteiger partial charge in [-0.3, -0.25) is 14.4 Å². The molecule has 2 heterocycles. The topological polar surface area (TPSA) is 77.9 Å². The van der Waals surface area contributed by atoms with Gasteiger partial charge in [-0.15, -0.1) is 0 Å². The molecule has 0 aliphatic carbocycles. The van der Waals surface area contributed by atoms with E-state index in [9.17, 15) is 19.5 Å². The number of Topliss-reactive ketones (excluding diaryl/α,β-unsaturated/α-hetero) is 1.